The molecule has 0 saturated carbocycles. The minimum atomic E-state index is -0.275. The Balaban J connectivity index is 2.02. The lowest BCUT2D eigenvalue weighted by molar-refractivity contribution is 0.104. The SMILES string of the molecule is Cc1cc(F)ccc1NC=CC(=O)c1ccc(Br)cc1. The Morgan fingerprint density at radius 1 is 1.20 bits per heavy atom. The van der Waals surface area contributed by atoms with Crippen LogP contribution in [0.2, 0.25) is 0 Å². The van der Waals surface area contributed by atoms with E-state index < -0.39 is 0 Å². The van der Waals surface area contributed by atoms with E-state index in [0.717, 1.165) is 15.7 Å². The molecule has 20 heavy (non-hydrogen) atoms. The van der Waals surface area contributed by atoms with E-state index in [1.807, 2.05) is 12.1 Å². The predicted octanol–water partition coefficient (Wildman–Crippen LogP) is 4.71. The van der Waals surface area contributed by atoms with Gasteiger partial charge in [0.25, 0.3) is 0 Å². The van der Waals surface area contributed by atoms with Crippen molar-refractivity contribution in [3.8, 4) is 0 Å². The third kappa shape index (κ3) is 3.78. The highest BCUT2D eigenvalue weighted by atomic mass is 79.9. The van der Waals surface area contributed by atoms with Crippen LogP contribution in [0, 0.1) is 12.7 Å². The van der Waals surface area contributed by atoms with Crippen LogP contribution in [0.25, 0.3) is 0 Å². The Kier molecular flexibility index (Phi) is 4.69. The molecule has 0 aliphatic carbocycles. The Bertz CT molecular complexity index is 650. The number of ketones is 1. The third-order valence-corrected chi connectivity index (χ3v) is 3.32. The van der Waals surface area contributed by atoms with Crippen LogP contribution in [-0.2, 0) is 0 Å². The number of carbonyl (C=O) groups is 1. The van der Waals surface area contributed by atoms with E-state index >= 15 is 0 Å². The van der Waals surface area contributed by atoms with Gasteiger partial charge in [-0.1, -0.05) is 15.9 Å². The standard InChI is InChI=1S/C16H13BrFNO/c1-11-10-14(18)6-7-15(11)19-9-8-16(20)12-2-4-13(17)5-3-12/h2-10,19H,1H3. The molecule has 2 rings (SSSR count). The summed E-state index contributed by atoms with van der Waals surface area (Å²) in [5.74, 6) is -0.368. The van der Waals surface area contributed by atoms with Crippen molar-refractivity contribution < 1.29 is 9.18 Å². The van der Waals surface area contributed by atoms with Crippen LogP contribution in [-0.4, -0.2) is 5.78 Å². The van der Waals surface area contributed by atoms with Gasteiger partial charge in [-0.3, -0.25) is 4.79 Å². The van der Waals surface area contributed by atoms with Crippen molar-refractivity contribution in [3.63, 3.8) is 0 Å². The molecule has 0 fully saturated rings. The molecule has 0 spiro atoms. The van der Waals surface area contributed by atoms with Gasteiger partial charge in [0.2, 0.25) is 0 Å². The maximum Gasteiger partial charge on any atom is 0.187 e. The number of benzene rings is 2. The Morgan fingerprint density at radius 3 is 2.55 bits per heavy atom. The normalized spacial score (nSPS) is 10.8. The molecule has 1 N–H and O–H groups in total. The molecule has 0 amide bonds. The first-order valence-electron chi connectivity index (χ1n) is 6.05. The van der Waals surface area contributed by atoms with Gasteiger partial charge in [0.05, 0.1) is 0 Å². The number of hydrogen-bond acceptors (Lipinski definition) is 2. The van der Waals surface area contributed by atoms with E-state index in [0.29, 0.717) is 5.56 Å². The largest absolute Gasteiger partial charge is 0.361 e. The molecule has 0 heterocycles. The number of anilines is 1. The van der Waals surface area contributed by atoms with E-state index in [2.05, 4.69) is 21.2 Å². The van der Waals surface area contributed by atoms with E-state index in [1.165, 1.54) is 18.2 Å². The second-order valence-corrected chi connectivity index (χ2v) is 5.22. The average molecular weight is 334 g/mol. The fourth-order valence-corrected chi connectivity index (χ4v) is 1.97. The van der Waals surface area contributed by atoms with Gasteiger partial charge in [-0.05, 0) is 55.0 Å². The smallest absolute Gasteiger partial charge is 0.187 e. The fourth-order valence-electron chi connectivity index (χ4n) is 1.71. The topological polar surface area (TPSA) is 29.1 Å². The summed E-state index contributed by atoms with van der Waals surface area (Å²) >= 11 is 3.32. The van der Waals surface area contributed by atoms with Gasteiger partial charge in [-0.15, -0.1) is 0 Å². The Morgan fingerprint density at radius 2 is 1.90 bits per heavy atom. The van der Waals surface area contributed by atoms with E-state index in [9.17, 15) is 9.18 Å². The molecule has 2 nitrogen and oxygen atoms in total. The van der Waals surface area contributed by atoms with Gasteiger partial charge in [-0.2, -0.15) is 0 Å². The van der Waals surface area contributed by atoms with Gasteiger partial charge in [-0.25, -0.2) is 4.39 Å². The van der Waals surface area contributed by atoms with E-state index in [-0.39, 0.29) is 11.6 Å². The molecule has 0 aliphatic heterocycles. The summed E-state index contributed by atoms with van der Waals surface area (Å²) in [5.41, 5.74) is 2.17. The molecular weight excluding hydrogens is 321 g/mol. The quantitative estimate of drug-likeness (QED) is 0.648. The summed E-state index contributed by atoms with van der Waals surface area (Å²) in [5, 5.41) is 2.97. The second-order valence-electron chi connectivity index (χ2n) is 4.31. The van der Waals surface area contributed by atoms with Crippen LogP contribution in [0.15, 0.2) is 59.2 Å². The third-order valence-electron chi connectivity index (χ3n) is 2.79. The molecule has 0 aromatic heterocycles. The van der Waals surface area contributed by atoms with Crippen LogP contribution in [0.4, 0.5) is 10.1 Å². The van der Waals surface area contributed by atoms with Crippen molar-refractivity contribution >= 4 is 27.4 Å². The van der Waals surface area contributed by atoms with Crippen molar-refractivity contribution in [3.05, 3.63) is 76.2 Å². The van der Waals surface area contributed by atoms with Crippen LogP contribution in [0.5, 0.6) is 0 Å². The maximum atomic E-state index is 12.9. The number of nitrogens with one attached hydrogen (secondary N) is 1. The van der Waals surface area contributed by atoms with Crippen molar-refractivity contribution in [1.82, 2.24) is 0 Å². The number of halogens is 2. The molecule has 4 heteroatoms. The zero-order valence-electron chi connectivity index (χ0n) is 10.9. The molecule has 0 atom stereocenters. The van der Waals surface area contributed by atoms with Gasteiger partial charge in [0.1, 0.15) is 5.82 Å². The minimum absolute atomic E-state index is 0.0928. The highest BCUT2D eigenvalue weighted by Gasteiger charge is 2.01. The summed E-state index contributed by atoms with van der Waals surface area (Å²) < 4.78 is 13.9. The molecule has 0 unspecified atom stereocenters. The number of carbonyl (C=O) groups excluding carboxylic acids is 1. The zero-order chi connectivity index (χ0) is 14.5. The van der Waals surface area contributed by atoms with Crippen LogP contribution >= 0.6 is 15.9 Å². The molecule has 2 aromatic rings. The monoisotopic (exact) mass is 333 g/mol. The Hall–Kier alpha value is -1.94. The Labute approximate surface area is 125 Å². The van der Waals surface area contributed by atoms with Crippen LogP contribution in [0.1, 0.15) is 15.9 Å². The van der Waals surface area contributed by atoms with Crippen molar-refractivity contribution in [2.24, 2.45) is 0 Å². The summed E-state index contributed by atoms with van der Waals surface area (Å²) in [6.45, 7) is 1.80. The van der Waals surface area contributed by atoms with Crippen molar-refractivity contribution in [2.45, 2.75) is 6.92 Å². The summed E-state index contributed by atoms with van der Waals surface area (Å²) in [6, 6.07) is 11.6. The lowest BCUT2D eigenvalue weighted by atomic mass is 10.1. The van der Waals surface area contributed by atoms with E-state index in [1.54, 1.807) is 31.3 Å². The molecule has 0 radical (unpaired) electrons. The molecule has 0 aliphatic rings. The van der Waals surface area contributed by atoms with Crippen molar-refractivity contribution in [1.29, 1.82) is 0 Å². The molecular formula is C16H13BrFNO. The first-order valence-corrected chi connectivity index (χ1v) is 6.85. The number of hydrogen-bond donors (Lipinski definition) is 1. The van der Waals surface area contributed by atoms with Gasteiger partial charge >= 0.3 is 0 Å². The van der Waals surface area contributed by atoms with E-state index in [4.69, 9.17) is 0 Å². The van der Waals surface area contributed by atoms with Gasteiger partial charge in [0.15, 0.2) is 5.78 Å². The average Bonchev–Trinajstić information content (AvgIpc) is 2.42. The highest BCUT2D eigenvalue weighted by Crippen LogP contribution is 2.16. The second kappa shape index (κ2) is 6.48. The van der Waals surface area contributed by atoms with Gasteiger partial charge < -0.3 is 5.32 Å². The summed E-state index contributed by atoms with van der Waals surface area (Å²) in [7, 11) is 0. The summed E-state index contributed by atoms with van der Waals surface area (Å²) in [4.78, 5) is 11.9. The first-order chi connectivity index (χ1) is 9.56. The molecule has 0 saturated heterocycles. The molecule has 102 valence electrons. The predicted molar refractivity (Wildman–Crippen MR) is 82.4 cm³/mol. The highest BCUT2D eigenvalue weighted by molar-refractivity contribution is 9.10. The number of aryl methyl sites for hydroxylation is 1. The minimum Gasteiger partial charge on any atom is -0.361 e. The lowest BCUT2D eigenvalue weighted by Gasteiger charge is -2.04. The van der Waals surface area contributed by atoms with Gasteiger partial charge in [0, 0.05) is 28.0 Å². The van der Waals surface area contributed by atoms with Crippen molar-refractivity contribution in [2.75, 3.05) is 5.32 Å². The number of allylic oxidation sites excluding steroid dienone is 1. The van der Waals surface area contributed by atoms with Crippen LogP contribution < -0.4 is 5.32 Å². The first kappa shape index (κ1) is 14.5. The number of rotatable bonds is 4. The van der Waals surface area contributed by atoms with Crippen LogP contribution in [0.3, 0.4) is 0 Å². The zero-order valence-corrected chi connectivity index (χ0v) is 12.4. The summed E-state index contributed by atoms with van der Waals surface area (Å²) in [6.07, 6.45) is 3.01. The molecule has 0 bridgehead atoms. The molecule has 2 aromatic carbocycles. The lowest BCUT2D eigenvalue weighted by Crippen LogP contribution is -1.97. The maximum absolute atomic E-state index is 12.9. The fraction of sp³-hybridized carbons (Fsp3) is 0.0625.